The van der Waals surface area contributed by atoms with E-state index in [0.717, 1.165) is 32.4 Å². The van der Waals surface area contributed by atoms with Crippen molar-refractivity contribution in [1.29, 1.82) is 0 Å². The Labute approximate surface area is 205 Å². The van der Waals surface area contributed by atoms with Gasteiger partial charge >= 0.3 is 0 Å². The van der Waals surface area contributed by atoms with Crippen LogP contribution in [0.25, 0.3) is 42.5 Å². The Balaban J connectivity index is 1.68. The summed E-state index contributed by atoms with van der Waals surface area (Å²) in [6, 6.07) is 24.5. The Morgan fingerprint density at radius 1 is 0.806 bits per heavy atom. The van der Waals surface area contributed by atoms with Crippen molar-refractivity contribution in [3.05, 3.63) is 111 Å². The minimum absolute atomic E-state index is 0.0298. The molecule has 174 valence electrons. The number of fused-ring (bicyclic) bond motifs is 4. The standard InChI is InChI=1S/C26H14N4O5S/c31-29(32)17-11-16(12-18(13-17)30(33)34)27-25-21(26-28-22-7-3-4-8-24(22)36-26)14-20-19-6-2-1-5-15(19)9-10-23(20)35-25/h1-14H. The van der Waals surface area contributed by atoms with Gasteiger partial charge in [0.1, 0.15) is 10.6 Å². The summed E-state index contributed by atoms with van der Waals surface area (Å²) in [5.74, 6) is 0. The first-order valence-electron chi connectivity index (χ1n) is 10.8. The van der Waals surface area contributed by atoms with Gasteiger partial charge in [0, 0.05) is 17.5 Å². The van der Waals surface area contributed by atoms with Crippen LogP contribution in [0.1, 0.15) is 0 Å². The van der Waals surface area contributed by atoms with Crippen LogP contribution in [0.2, 0.25) is 0 Å². The molecule has 4 aromatic carbocycles. The quantitative estimate of drug-likeness (QED) is 0.149. The summed E-state index contributed by atoms with van der Waals surface area (Å²) in [5.41, 5.74) is 1.25. The topological polar surface area (TPSA) is 125 Å². The molecule has 0 saturated carbocycles. The summed E-state index contributed by atoms with van der Waals surface area (Å²) in [5, 5.41) is 26.3. The summed E-state index contributed by atoms with van der Waals surface area (Å²) in [4.78, 5) is 30.6. The lowest BCUT2D eigenvalue weighted by molar-refractivity contribution is -0.394. The average molecular weight is 494 g/mol. The van der Waals surface area contributed by atoms with Crippen LogP contribution in [-0.4, -0.2) is 14.8 Å². The molecule has 0 amide bonds. The molecule has 0 atom stereocenters. The van der Waals surface area contributed by atoms with Crippen LogP contribution in [0.4, 0.5) is 17.1 Å². The molecule has 10 heteroatoms. The molecule has 6 rings (SSSR count). The molecule has 0 bridgehead atoms. The van der Waals surface area contributed by atoms with Crippen LogP contribution in [0, 0.1) is 20.2 Å². The zero-order valence-corrected chi connectivity index (χ0v) is 19.1. The highest BCUT2D eigenvalue weighted by Gasteiger charge is 2.18. The molecule has 0 N–H and O–H groups in total. The predicted molar refractivity (Wildman–Crippen MR) is 137 cm³/mol. The monoisotopic (exact) mass is 494 g/mol. The molecule has 2 aromatic heterocycles. The smallest absolute Gasteiger partial charge is 0.278 e. The van der Waals surface area contributed by atoms with Crippen LogP contribution in [0.5, 0.6) is 0 Å². The molecule has 0 radical (unpaired) electrons. The highest BCUT2D eigenvalue weighted by molar-refractivity contribution is 7.21. The van der Waals surface area contributed by atoms with E-state index in [0.29, 0.717) is 16.2 Å². The normalized spacial score (nSPS) is 11.9. The molecule has 0 fully saturated rings. The van der Waals surface area contributed by atoms with Crippen LogP contribution in [-0.2, 0) is 0 Å². The van der Waals surface area contributed by atoms with Crippen LogP contribution >= 0.6 is 11.3 Å². The first-order chi connectivity index (χ1) is 17.5. The Morgan fingerprint density at radius 2 is 1.53 bits per heavy atom. The van der Waals surface area contributed by atoms with Crippen LogP contribution in [0.15, 0.2) is 94.3 Å². The highest BCUT2D eigenvalue weighted by Crippen LogP contribution is 2.33. The number of hydrogen-bond acceptors (Lipinski definition) is 8. The number of non-ortho nitro benzene ring substituents is 2. The third-order valence-electron chi connectivity index (χ3n) is 5.72. The third-order valence-corrected chi connectivity index (χ3v) is 6.79. The van der Waals surface area contributed by atoms with Crippen LogP contribution in [0.3, 0.4) is 0 Å². The van der Waals surface area contributed by atoms with Crippen molar-refractivity contribution >= 4 is 60.4 Å². The maximum atomic E-state index is 11.4. The van der Waals surface area contributed by atoms with Gasteiger partial charge in [0.25, 0.3) is 11.4 Å². The van der Waals surface area contributed by atoms with Crippen molar-refractivity contribution in [1.82, 2.24) is 4.98 Å². The average Bonchev–Trinajstić information content (AvgIpc) is 3.32. The first kappa shape index (κ1) is 21.6. The fourth-order valence-electron chi connectivity index (χ4n) is 4.07. The van der Waals surface area contributed by atoms with E-state index in [1.165, 1.54) is 23.5 Å². The zero-order chi connectivity index (χ0) is 24.8. The Bertz CT molecular complexity index is 1860. The van der Waals surface area contributed by atoms with E-state index in [1.54, 1.807) is 0 Å². The molecule has 0 saturated heterocycles. The molecule has 2 heterocycles. The van der Waals surface area contributed by atoms with Crippen molar-refractivity contribution < 1.29 is 14.3 Å². The molecule has 36 heavy (non-hydrogen) atoms. The lowest BCUT2D eigenvalue weighted by Crippen LogP contribution is -2.05. The van der Waals surface area contributed by atoms with E-state index in [9.17, 15) is 20.2 Å². The maximum Gasteiger partial charge on any atom is 0.278 e. The summed E-state index contributed by atoms with van der Waals surface area (Å²) >= 11 is 1.46. The summed E-state index contributed by atoms with van der Waals surface area (Å²) in [6.45, 7) is 0. The van der Waals surface area contributed by atoms with Gasteiger partial charge in [0.05, 0.1) is 37.4 Å². The Morgan fingerprint density at radius 3 is 2.28 bits per heavy atom. The second-order valence-corrected chi connectivity index (χ2v) is 9.01. The number of rotatable bonds is 4. The van der Waals surface area contributed by atoms with Gasteiger partial charge < -0.3 is 4.42 Å². The molecule has 0 unspecified atom stereocenters. The van der Waals surface area contributed by atoms with Gasteiger partial charge in [-0.3, -0.25) is 20.2 Å². The van der Waals surface area contributed by atoms with Crippen molar-refractivity contribution in [2.24, 2.45) is 4.99 Å². The number of thiazole rings is 1. The fourth-order valence-corrected chi connectivity index (χ4v) is 5.05. The molecule has 0 aliphatic heterocycles. The SMILES string of the molecule is O=[N+]([O-])c1cc(N=c2oc3ccc4ccccc4c3cc2-c2nc3ccccc3s2)cc([N+](=O)[O-])c1. The van der Waals surface area contributed by atoms with Crippen molar-refractivity contribution in [2.75, 3.05) is 0 Å². The van der Waals surface area contributed by atoms with E-state index in [-0.39, 0.29) is 11.2 Å². The molecule has 6 aromatic rings. The van der Waals surface area contributed by atoms with Gasteiger partial charge in [-0.25, -0.2) is 9.98 Å². The lowest BCUT2D eigenvalue weighted by atomic mass is 10.0. The van der Waals surface area contributed by atoms with Gasteiger partial charge in [-0.05, 0) is 35.0 Å². The van der Waals surface area contributed by atoms with E-state index in [4.69, 9.17) is 9.40 Å². The largest absolute Gasteiger partial charge is 0.438 e. The van der Waals surface area contributed by atoms with Crippen molar-refractivity contribution in [3.63, 3.8) is 0 Å². The Hall–Kier alpha value is -4.96. The summed E-state index contributed by atoms with van der Waals surface area (Å²) < 4.78 is 7.19. The molecule has 0 aliphatic carbocycles. The van der Waals surface area contributed by atoms with Crippen LogP contribution < -0.4 is 5.55 Å². The molecular formula is C26H14N4O5S. The summed E-state index contributed by atoms with van der Waals surface area (Å²) in [7, 11) is 0. The maximum absolute atomic E-state index is 11.4. The number of nitrogens with zero attached hydrogens (tertiary/aromatic N) is 4. The predicted octanol–water partition coefficient (Wildman–Crippen LogP) is 6.91. The van der Waals surface area contributed by atoms with E-state index < -0.39 is 21.2 Å². The number of para-hydroxylation sites is 1. The van der Waals surface area contributed by atoms with Gasteiger partial charge in [-0.15, -0.1) is 11.3 Å². The number of aromatic nitrogens is 1. The van der Waals surface area contributed by atoms with Gasteiger partial charge in [0.2, 0.25) is 5.55 Å². The van der Waals surface area contributed by atoms with Gasteiger partial charge in [-0.2, -0.15) is 0 Å². The molecule has 9 nitrogen and oxygen atoms in total. The minimum atomic E-state index is -0.690. The molecular weight excluding hydrogens is 480 g/mol. The fraction of sp³-hybridized carbons (Fsp3) is 0. The van der Waals surface area contributed by atoms with E-state index >= 15 is 0 Å². The number of nitro groups is 2. The Kier molecular flexibility index (Phi) is 5.01. The highest BCUT2D eigenvalue weighted by atomic mass is 32.1. The summed E-state index contributed by atoms with van der Waals surface area (Å²) in [6.07, 6.45) is 0. The number of nitro benzene ring substituents is 2. The second kappa shape index (κ2) is 8.36. The van der Waals surface area contributed by atoms with E-state index in [2.05, 4.69) is 4.99 Å². The number of hydrogen-bond donors (Lipinski definition) is 0. The lowest BCUT2D eigenvalue weighted by Gasteiger charge is -2.06. The van der Waals surface area contributed by atoms with Gasteiger partial charge in [0.15, 0.2) is 0 Å². The molecule has 0 aliphatic rings. The van der Waals surface area contributed by atoms with Crippen molar-refractivity contribution in [3.8, 4) is 10.6 Å². The molecule has 0 spiro atoms. The zero-order valence-electron chi connectivity index (χ0n) is 18.3. The third kappa shape index (κ3) is 3.75. The minimum Gasteiger partial charge on any atom is -0.438 e. The van der Waals surface area contributed by atoms with Crippen molar-refractivity contribution in [2.45, 2.75) is 0 Å². The number of benzene rings is 4. The van der Waals surface area contributed by atoms with Gasteiger partial charge in [-0.1, -0.05) is 42.5 Å². The second-order valence-electron chi connectivity index (χ2n) is 7.98. The van der Waals surface area contributed by atoms with E-state index in [1.807, 2.05) is 66.7 Å². The first-order valence-corrected chi connectivity index (χ1v) is 11.6.